The van der Waals surface area contributed by atoms with Crippen molar-refractivity contribution < 1.29 is 9.50 Å². The zero-order valence-corrected chi connectivity index (χ0v) is 15.1. The molecule has 2 aliphatic rings. The van der Waals surface area contributed by atoms with Gasteiger partial charge in [0.1, 0.15) is 11.4 Å². The van der Waals surface area contributed by atoms with Gasteiger partial charge in [-0.2, -0.15) is 4.98 Å². The second-order valence-corrected chi connectivity index (χ2v) is 7.59. The van der Waals surface area contributed by atoms with E-state index in [0.717, 1.165) is 24.8 Å². The van der Waals surface area contributed by atoms with Crippen molar-refractivity contribution in [1.29, 1.82) is 0 Å². The Kier molecular flexibility index (Phi) is 3.40. The lowest BCUT2D eigenvalue weighted by Gasteiger charge is -2.21. The van der Waals surface area contributed by atoms with E-state index < -0.39 is 5.60 Å². The Bertz CT molecular complexity index is 1050. The molecule has 3 heterocycles. The van der Waals surface area contributed by atoms with Crippen molar-refractivity contribution in [1.82, 2.24) is 19.5 Å². The molecule has 1 saturated carbocycles. The monoisotopic (exact) mass is 372 g/mol. The standard InChI is InChI=1S/C19H18ClFN4O/c1-2-19(26)8-7-11-5-6-13(23-16(11)19)25-15(10-3-4-10)14(21)12-9-22-18(20)24-17(12)25/h5-6,9-10,26H,2-4,7-8H2,1H3/t19-/m1/s1. The maximum Gasteiger partial charge on any atom is 0.224 e. The van der Waals surface area contributed by atoms with Crippen molar-refractivity contribution >= 4 is 22.6 Å². The highest BCUT2D eigenvalue weighted by Gasteiger charge is 2.38. The first-order valence-electron chi connectivity index (χ1n) is 8.97. The molecule has 26 heavy (non-hydrogen) atoms. The van der Waals surface area contributed by atoms with Gasteiger partial charge in [-0.05, 0) is 55.3 Å². The number of hydrogen-bond acceptors (Lipinski definition) is 4. The molecule has 0 aromatic carbocycles. The molecule has 1 N–H and O–H groups in total. The fraction of sp³-hybridized carbons (Fsp3) is 0.421. The number of aliphatic hydroxyl groups is 1. The van der Waals surface area contributed by atoms with Crippen molar-refractivity contribution in [3.05, 3.63) is 46.4 Å². The van der Waals surface area contributed by atoms with E-state index in [1.807, 2.05) is 19.1 Å². The number of pyridine rings is 1. The van der Waals surface area contributed by atoms with E-state index >= 15 is 4.39 Å². The van der Waals surface area contributed by atoms with Crippen LogP contribution in [0.3, 0.4) is 0 Å². The van der Waals surface area contributed by atoms with Gasteiger partial charge in [-0.1, -0.05) is 13.0 Å². The lowest BCUT2D eigenvalue weighted by Crippen LogP contribution is -2.22. The van der Waals surface area contributed by atoms with Crippen LogP contribution in [0.15, 0.2) is 18.3 Å². The highest BCUT2D eigenvalue weighted by atomic mass is 35.5. The fourth-order valence-electron chi connectivity index (χ4n) is 3.99. The molecule has 0 radical (unpaired) electrons. The molecular formula is C19H18ClFN4O. The Hall–Kier alpha value is -2.05. The zero-order chi connectivity index (χ0) is 18.1. The van der Waals surface area contributed by atoms with Gasteiger partial charge in [-0.15, -0.1) is 0 Å². The lowest BCUT2D eigenvalue weighted by atomic mass is 9.98. The Morgan fingerprint density at radius 2 is 2.15 bits per heavy atom. The number of hydrogen-bond donors (Lipinski definition) is 1. The molecule has 0 spiro atoms. The third-order valence-corrected chi connectivity index (χ3v) is 5.83. The SMILES string of the molecule is CC[C@@]1(O)CCc2ccc(-n3c(C4CC4)c(F)c4cnc(Cl)nc43)nc21. The van der Waals surface area contributed by atoms with Gasteiger partial charge in [0.15, 0.2) is 11.5 Å². The summed E-state index contributed by atoms with van der Waals surface area (Å²) in [5.41, 5.74) is 1.84. The minimum Gasteiger partial charge on any atom is -0.384 e. The second kappa shape index (κ2) is 5.47. The molecule has 3 aromatic rings. The molecule has 5 nitrogen and oxygen atoms in total. The summed E-state index contributed by atoms with van der Waals surface area (Å²) in [5, 5.41) is 11.3. The molecule has 0 amide bonds. The third kappa shape index (κ3) is 2.21. The van der Waals surface area contributed by atoms with Gasteiger partial charge in [-0.3, -0.25) is 4.57 Å². The van der Waals surface area contributed by atoms with Crippen LogP contribution in [0.25, 0.3) is 16.9 Å². The predicted molar refractivity (Wildman–Crippen MR) is 96.1 cm³/mol. The van der Waals surface area contributed by atoms with Crippen LogP contribution < -0.4 is 0 Å². The van der Waals surface area contributed by atoms with Crippen molar-refractivity contribution in [2.75, 3.05) is 0 Å². The number of aromatic nitrogens is 4. The van der Waals surface area contributed by atoms with E-state index in [0.29, 0.717) is 41.1 Å². The summed E-state index contributed by atoms with van der Waals surface area (Å²) in [5.74, 6) is 0.429. The van der Waals surface area contributed by atoms with Crippen LogP contribution in [0.1, 0.15) is 55.5 Å². The minimum atomic E-state index is -0.917. The normalized spacial score (nSPS) is 22.2. The molecule has 1 fully saturated rings. The molecule has 3 aromatic heterocycles. The summed E-state index contributed by atoms with van der Waals surface area (Å²) in [6.07, 6.45) is 5.38. The largest absolute Gasteiger partial charge is 0.384 e. The first kappa shape index (κ1) is 16.1. The summed E-state index contributed by atoms with van der Waals surface area (Å²) >= 11 is 5.98. The summed E-state index contributed by atoms with van der Waals surface area (Å²) in [6.45, 7) is 1.96. The number of halogens is 2. The van der Waals surface area contributed by atoms with Gasteiger partial charge in [-0.25, -0.2) is 14.4 Å². The van der Waals surface area contributed by atoms with Crippen LogP contribution in [0.4, 0.5) is 4.39 Å². The Morgan fingerprint density at radius 3 is 2.88 bits per heavy atom. The van der Waals surface area contributed by atoms with Gasteiger partial charge in [0.05, 0.1) is 16.8 Å². The summed E-state index contributed by atoms with van der Waals surface area (Å²) in [7, 11) is 0. The molecule has 1 atom stereocenters. The lowest BCUT2D eigenvalue weighted by molar-refractivity contribution is 0.0306. The topological polar surface area (TPSA) is 63.8 Å². The van der Waals surface area contributed by atoms with Gasteiger partial charge < -0.3 is 5.11 Å². The highest BCUT2D eigenvalue weighted by Crippen LogP contribution is 2.45. The number of nitrogens with zero attached hydrogens (tertiary/aromatic N) is 4. The Labute approximate surface area is 154 Å². The van der Waals surface area contributed by atoms with E-state index in [9.17, 15) is 5.11 Å². The van der Waals surface area contributed by atoms with Crippen molar-refractivity contribution in [3.8, 4) is 5.82 Å². The maximum absolute atomic E-state index is 15.1. The zero-order valence-electron chi connectivity index (χ0n) is 14.3. The Morgan fingerprint density at radius 1 is 1.35 bits per heavy atom. The molecule has 0 bridgehead atoms. The van der Waals surface area contributed by atoms with E-state index in [-0.39, 0.29) is 17.0 Å². The van der Waals surface area contributed by atoms with Crippen molar-refractivity contribution in [2.24, 2.45) is 0 Å². The number of fused-ring (bicyclic) bond motifs is 2. The first-order valence-corrected chi connectivity index (χ1v) is 9.35. The molecule has 2 aliphatic carbocycles. The summed E-state index contributed by atoms with van der Waals surface area (Å²) in [6, 6.07) is 3.86. The van der Waals surface area contributed by atoms with Gasteiger partial charge in [0.25, 0.3) is 0 Å². The molecule has 0 saturated heterocycles. The van der Waals surface area contributed by atoms with Crippen LogP contribution in [-0.4, -0.2) is 24.6 Å². The van der Waals surface area contributed by atoms with Crippen LogP contribution in [-0.2, 0) is 12.0 Å². The van der Waals surface area contributed by atoms with Crippen LogP contribution in [0, 0.1) is 5.82 Å². The van der Waals surface area contributed by atoms with Crippen LogP contribution in [0.2, 0.25) is 5.28 Å². The number of aryl methyl sites for hydroxylation is 1. The molecule has 134 valence electrons. The minimum absolute atomic E-state index is 0.0739. The summed E-state index contributed by atoms with van der Waals surface area (Å²) in [4.78, 5) is 13.0. The van der Waals surface area contributed by atoms with Crippen molar-refractivity contribution in [3.63, 3.8) is 0 Å². The van der Waals surface area contributed by atoms with Gasteiger partial charge in [0.2, 0.25) is 5.28 Å². The maximum atomic E-state index is 15.1. The average Bonchev–Trinajstić information content (AvgIpc) is 3.37. The molecule has 5 rings (SSSR count). The van der Waals surface area contributed by atoms with Gasteiger partial charge >= 0.3 is 0 Å². The van der Waals surface area contributed by atoms with E-state index in [1.54, 1.807) is 4.57 Å². The quantitative estimate of drug-likeness (QED) is 0.705. The highest BCUT2D eigenvalue weighted by molar-refractivity contribution is 6.28. The first-order chi connectivity index (χ1) is 12.5. The second-order valence-electron chi connectivity index (χ2n) is 7.25. The molecule has 0 aliphatic heterocycles. The van der Waals surface area contributed by atoms with Crippen molar-refractivity contribution in [2.45, 2.75) is 50.5 Å². The predicted octanol–water partition coefficient (Wildman–Crippen LogP) is 4.03. The number of rotatable bonds is 3. The Balaban J connectivity index is 1.79. The summed E-state index contributed by atoms with van der Waals surface area (Å²) < 4.78 is 16.8. The third-order valence-electron chi connectivity index (χ3n) is 5.64. The van der Waals surface area contributed by atoms with Crippen LogP contribution in [0.5, 0.6) is 0 Å². The average molecular weight is 373 g/mol. The van der Waals surface area contributed by atoms with E-state index in [4.69, 9.17) is 16.6 Å². The van der Waals surface area contributed by atoms with Gasteiger partial charge in [0, 0.05) is 12.1 Å². The molecule has 7 heteroatoms. The smallest absolute Gasteiger partial charge is 0.224 e. The molecule has 0 unspecified atom stereocenters. The molecular weight excluding hydrogens is 355 g/mol. The van der Waals surface area contributed by atoms with Crippen LogP contribution >= 0.6 is 11.6 Å². The fourth-order valence-corrected chi connectivity index (χ4v) is 4.12. The van der Waals surface area contributed by atoms with E-state index in [2.05, 4.69) is 9.97 Å². The van der Waals surface area contributed by atoms with E-state index in [1.165, 1.54) is 6.20 Å².